The number of piperazine rings is 1. The van der Waals surface area contributed by atoms with Crippen molar-refractivity contribution in [3.63, 3.8) is 0 Å². The number of carbonyl (C=O) groups is 1. The number of nitrogens with two attached hydrogens (primary N) is 2. The lowest BCUT2D eigenvalue weighted by molar-refractivity contribution is 0.0815. The number of rotatable bonds is 6. The number of hydrogen-bond donors (Lipinski definition) is 2. The zero-order chi connectivity index (χ0) is 26.9. The molecule has 10 heteroatoms. The number of primary amides is 1. The molecule has 6 rings (SSSR count). The van der Waals surface area contributed by atoms with E-state index >= 15 is 0 Å². The van der Waals surface area contributed by atoms with Gasteiger partial charge in [0.15, 0.2) is 5.65 Å². The van der Waals surface area contributed by atoms with Gasteiger partial charge in [-0.3, -0.25) is 9.69 Å². The van der Waals surface area contributed by atoms with Gasteiger partial charge in [-0.25, -0.2) is 14.6 Å². The molecule has 2 fully saturated rings. The number of fused-ring (bicyclic) bond motifs is 1. The maximum Gasteiger partial charge on any atom is 0.248 e. The number of ether oxygens (including phenoxy) is 1. The number of nitrogen functional groups attached to an aromatic ring is 1. The normalized spacial score (nSPS) is 20.7. The summed E-state index contributed by atoms with van der Waals surface area (Å²) in [5.41, 5.74) is 14.6. The average molecular weight is 527 g/mol. The fourth-order valence-electron chi connectivity index (χ4n) is 5.81. The number of anilines is 1. The first-order valence-electron chi connectivity index (χ1n) is 13.6. The second-order valence-corrected chi connectivity index (χ2v) is 10.6. The minimum absolute atomic E-state index is 0.283. The fourth-order valence-corrected chi connectivity index (χ4v) is 5.81. The van der Waals surface area contributed by atoms with E-state index in [0.717, 1.165) is 74.2 Å². The number of likely N-dealkylation sites (N-methyl/N-ethyl adjacent to an activating group) is 1. The number of aromatic nitrogens is 4. The third-order valence-electron chi connectivity index (χ3n) is 8.09. The van der Waals surface area contributed by atoms with Crippen molar-refractivity contribution in [3.8, 4) is 22.8 Å². The molecule has 1 aliphatic heterocycles. The van der Waals surface area contributed by atoms with Gasteiger partial charge in [-0.1, -0.05) is 0 Å². The summed E-state index contributed by atoms with van der Waals surface area (Å²) in [5.74, 6) is 1.25. The van der Waals surface area contributed by atoms with Gasteiger partial charge in [-0.2, -0.15) is 5.10 Å². The Balaban J connectivity index is 1.21. The molecule has 2 aromatic carbocycles. The van der Waals surface area contributed by atoms with E-state index in [1.807, 2.05) is 24.3 Å². The molecule has 0 bridgehead atoms. The van der Waals surface area contributed by atoms with Crippen LogP contribution in [0.15, 0.2) is 54.9 Å². The predicted octanol–water partition coefficient (Wildman–Crippen LogP) is 3.70. The van der Waals surface area contributed by atoms with Crippen LogP contribution in [0.5, 0.6) is 11.5 Å². The molecule has 2 aromatic heterocycles. The molecule has 1 amide bonds. The van der Waals surface area contributed by atoms with Crippen molar-refractivity contribution < 1.29 is 9.53 Å². The molecule has 3 heterocycles. The van der Waals surface area contributed by atoms with Crippen LogP contribution in [-0.4, -0.2) is 74.7 Å². The molecule has 2 aliphatic rings. The zero-order valence-corrected chi connectivity index (χ0v) is 22.2. The van der Waals surface area contributed by atoms with Crippen molar-refractivity contribution in [2.24, 2.45) is 5.73 Å². The summed E-state index contributed by atoms with van der Waals surface area (Å²) in [6.07, 6.45) is 5.99. The second kappa shape index (κ2) is 10.6. The summed E-state index contributed by atoms with van der Waals surface area (Å²) in [5, 5.41) is 5.85. The highest BCUT2D eigenvalue weighted by molar-refractivity contribution is 5.98. The molecular weight excluding hydrogens is 492 g/mol. The molecule has 4 aromatic rings. The first-order chi connectivity index (χ1) is 19.0. The highest BCUT2D eigenvalue weighted by atomic mass is 16.5. The predicted molar refractivity (Wildman–Crippen MR) is 151 cm³/mol. The monoisotopic (exact) mass is 526 g/mol. The van der Waals surface area contributed by atoms with Crippen molar-refractivity contribution in [1.82, 2.24) is 29.5 Å². The van der Waals surface area contributed by atoms with Crippen LogP contribution >= 0.6 is 0 Å². The molecule has 1 saturated heterocycles. The Kier molecular flexibility index (Phi) is 6.88. The van der Waals surface area contributed by atoms with Gasteiger partial charge in [0.1, 0.15) is 29.3 Å². The van der Waals surface area contributed by atoms with Gasteiger partial charge in [0.25, 0.3) is 0 Å². The Bertz CT molecular complexity index is 1450. The second-order valence-electron chi connectivity index (χ2n) is 10.6. The van der Waals surface area contributed by atoms with Crippen molar-refractivity contribution in [2.45, 2.75) is 37.8 Å². The topological polar surface area (TPSA) is 128 Å². The van der Waals surface area contributed by atoms with Gasteiger partial charge in [0.2, 0.25) is 5.91 Å². The smallest absolute Gasteiger partial charge is 0.248 e. The molecule has 39 heavy (non-hydrogen) atoms. The zero-order valence-electron chi connectivity index (χ0n) is 22.2. The van der Waals surface area contributed by atoms with E-state index in [9.17, 15) is 4.79 Å². The summed E-state index contributed by atoms with van der Waals surface area (Å²) in [6, 6.07) is 15.4. The number of nitrogens with zero attached hydrogens (tertiary/aromatic N) is 6. The van der Waals surface area contributed by atoms with Crippen LogP contribution in [0.3, 0.4) is 0 Å². The van der Waals surface area contributed by atoms with Crippen LogP contribution in [0.25, 0.3) is 22.3 Å². The molecule has 0 unspecified atom stereocenters. The first kappa shape index (κ1) is 25.3. The van der Waals surface area contributed by atoms with Crippen LogP contribution < -0.4 is 16.2 Å². The summed E-state index contributed by atoms with van der Waals surface area (Å²) >= 11 is 0. The summed E-state index contributed by atoms with van der Waals surface area (Å²) < 4.78 is 8.02. The molecular formula is C29H34N8O2. The van der Waals surface area contributed by atoms with Crippen molar-refractivity contribution in [3.05, 3.63) is 60.4 Å². The lowest BCUT2D eigenvalue weighted by atomic mass is 9.90. The van der Waals surface area contributed by atoms with E-state index in [-0.39, 0.29) is 6.04 Å². The lowest BCUT2D eigenvalue weighted by Gasteiger charge is -2.41. The molecule has 202 valence electrons. The molecule has 0 spiro atoms. The van der Waals surface area contributed by atoms with Crippen molar-refractivity contribution in [2.75, 3.05) is 39.0 Å². The molecule has 0 radical (unpaired) electrons. The average Bonchev–Trinajstić information content (AvgIpc) is 3.35. The van der Waals surface area contributed by atoms with E-state index < -0.39 is 5.91 Å². The minimum atomic E-state index is -0.469. The van der Waals surface area contributed by atoms with Gasteiger partial charge in [-0.05, 0) is 81.3 Å². The van der Waals surface area contributed by atoms with Crippen molar-refractivity contribution >= 4 is 22.8 Å². The van der Waals surface area contributed by atoms with Crippen LogP contribution in [0.2, 0.25) is 0 Å². The van der Waals surface area contributed by atoms with Crippen LogP contribution in [0, 0.1) is 0 Å². The van der Waals surface area contributed by atoms with Crippen LogP contribution in [0.1, 0.15) is 42.1 Å². The number of benzene rings is 2. The van der Waals surface area contributed by atoms with Gasteiger partial charge >= 0.3 is 0 Å². The highest BCUT2D eigenvalue weighted by Gasteiger charge is 2.30. The molecule has 1 aliphatic carbocycles. The summed E-state index contributed by atoms with van der Waals surface area (Å²) in [4.78, 5) is 25.3. The third kappa shape index (κ3) is 5.17. The number of amides is 1. The Morgan fingerprint density at radius 2 is 1.49 bits per heavy atom. The van der Waals surface area contributed by atoms with E-state index in [2.05, 4.69) is 31.5 Å². The summed E-state index contributed by atoms with van der Waals surface area (Å²) in [6.45, 7) is 4.61. The Hall–Kier alpha value is -4.02. The van der Waals surface area contributed by atoms with Gasteiger partial charge in [0, 0.05) is 43.3 Å². The van der Waals surface area contributed by atoms with E-state index in [1.165, 1.54) is 6.33 Å². The largest absolute Gasteiger partial charge is 0.457 e. The van der Waals surface area contributed by atoms with Gasteiger partial charge in [-0.15, -0.1) is 0 Å². The fraction of sp³-hybridized carbons (Fsp3) is 0.379. The van der Waals surface area contributed by atoms with Gasteiger partial charge in [0.05, 0.1) is 11.4 Å². The number of carbonyl (C=O) groups excluding carboxylic acids is 1. The summed E-state index contributed by atoms with van der Waals surface area (Å²) in [7, 11) is 2.20. The Morgan fingerprint density at radius 3 is 2.13 bits per heavy atom. The van der Waals surface area contributed by atoms with Gasteiger partial charge < -0.3 is 21.1 Å². The SMILES string of the molecule is CN1CCN([C@H]2CC[C@@H](n3nc(-c4ccc(Oc5ccc(C(N)=O)cc5)cc4)c4c(N)ncnc43)CC2)CC1. The maximum atomic E-state index is 11.3. The minimum Gasteiger partial charge on any atom is -0.457 e. The maximum absolute atomic E-state index is 11.3. The van der Waals surface area contributed by atoms with E-state index in [0.29, 0.717) is 28.9 Å². The van der Waals surface area contributed by atoms with Crippen LogP contribution in [0.4, 0.5) is 5.82 Å². The van der Waals surface area contributed by atoms with Crippen molar-refractivity contribution in [1.29, 1.82) is 0 Å². The molecule has 4 N–H and O–H groups in total. The van der Waals surface area contributed by atoms with Crippen LogP contribution in [-0.2, 0) is 0 Å². The van der Waals surface area contributed by atoms with E-state index in [1.54, 1.807) is 24.3 Å². The standard InChI is InChI=1S/C29H34N8O2/c1-35-14-16-36(17-15-35)21-6-8-22(9-7-21)37-29-25(27(30)32-18-33-29)26(34-37)19-2-10-23(11-3-19)39-24-12-4-20(5-13-24)28(31)38/h2-5,10-13,18,21-22H,6-9,14-17H2,1H3,(H2,31,38)(H2,30,32,33)/t21-,22+. The molecule has 1 saturated carbocycles. The molecule has 0 atom stereocenters. The Labute approximate surface area is 227 Å². The molecule has 10 nitrogen and oxygen atoms in total. The third-order valence-corrected chi connectivity index (χ3v) is 8.09. The highest BCUT2D eigenvalue weighted by Crippen LogP contribution is 2.37. The first-order valence-corrected chi connectivity index (χ1v) is 13.6. The quantitative estimate of drug-likeness (QED) is 0.389. The lowest BCUT2D eigenvalue weighted by Crippen LogP contribution is -2.49. The Morgan fingerprint density at radius 1 is 0.872 bits per heavy atom. The number of hydrogen-bond acceptors (Lipinski definition) is 8. The van der Waals surface area contributed by atoms with E-state index in [4.69, 9.17) is 21.3 Å².